The van der Waals surface area contributed by atoms with Crippen molar-refractivity contribution in [3.05, 3.63) is 59.1 Å². The largest absolute Gasteiger partial charge is 0.351 e. The van der Waals surface area contributed by atoms with Crippen LogP contribution in [0.25, 0.3) is 0 Å². The van der Waals surface area contributed by atoms with Gasteiger partial charge in [0.2, 0.25) is 26.0 Å². The summed E-state index contributed by atoms with van der Waals surface area (Å²) < 4.78 is 51.8. The molecule has 0 aliphatic rings. The van der Waals surface area contributed by atoms with E-state index >= 15 is 0 Å². The van der Waals surface area contributed by atoms with Crippen molar-refractivity contribution in [2.24, 2.45) is 0 Å². The highest BCUT2D eigenvalue weighted by atomic mass is 35.5. The minimum absolute atomic E-state index is 0.0549. The molecule has 1 N–H and O–H groups in total. The first kappa shape index (κ1) is 24.3. The monoisotopic (exact) mass is 473 g/mol. The van der Waals surface area contributed by atoms with Gasteiger partial charge in [0.15, 0.2) is 0 Å². The van der Waals surface area contributed by atoms with Crippen molar-refractivity contribution in [3.63, 3.8) is 0 Å². The Kier molecular flexibility index (Phi) is 8.00. The maximum Gasteiger partial charge on any atom is 0.243 e. The normalized spacial score (nSPS) is 12.3. The standard InChI is InChI=1S/C19H24ClN3O5S2/c1-4-23(30(27,28)18-11-7-16(20)8-12-18)14-19(24)21-13-15-5-9-17(10-6-15)29(25,26)22(2)3/h5-12H,4,13-14H2,1-3H3,(H,21,24). The van der Waals surface area contributed by atoms with Gasteiger partial charge in [0.25, 0.3) is 0 Å². The van der Waals surface area contributed by atoms with E-state index in [1.165, 1.54) is 50.5 Å². The number of benzene rings is 2. The molecule has 0 aromatic heterocycles. The molecular weight excluding hydrogens is 450 g/mol. The molecule has 2 rings (SSSR count). The van der Waals surface area contributed by atoms with E-state index in [4.69, 9.17) is 11.6 Å². The Morgan fingerprint density at radius 1 is 0.900 bits per heavy atom. The molecular formula is C19H24ClN3O5S2. The number of hydrogen-bond acceptors (Lipinski definition) is 5. The number of likely N-dealkylation sites (N-methyl/N-ethyl adjacent to an activating group) is 1. The van der Waals surface area contributed by atoms with E-state index in [-0.39, 0.29) is 29.4 Å². The lowest BCUT2D eigenvalue weighted by molar-refractivity contribution is -0.121. The number of nitrogens with zero attached hydrogens (tertiary/aromatic N) is 2. The highest BCUT2D eigenvalue weighted by molar-refractivity contribution is 7.89. The second kappa shape index (κ2) is 9.88. The molecule has 1 amide bonds. The van der Waals surface area contributed by atoms with Crippen LogP contribution in [-0.2, 0) is 31.4 Å². The maximum absolute atomic E-state index is 12.7. The summed E-state index contributed by atoms with van der Waals surface area (Å²) in [7, 11) is -4.47. The van der Waals surface area contributed by atoms with Crippen LogP contribution in [0.3, 0.4) is 0 Å². The van der Waals surface area contributed by atoms with Gasteiger partial charge in [-0.3, -0.25) is 4.79 Å². The molecule has 0 aliphatic carbocycles. The molecule has 0 bridgehead atoms. The minimum Gasteiger partial charge on any atom is -0.351 e. The van der Waals surface area contributed by atoms with Crippen LogP contribution in [-0.4, -0.2) is 58.5 Å². The molecule has 0 heterocycles. The van der Waals surface area contributed by atoms with Crippen LogP contribution in [0.1, 0.15) is 12.5 Å². The van der Waals surface area contributed by atoms with Crippen LogP contribution in [0.2, 0.25) is 5.02 Å². The summed E-state index contributed by atoms with van der Waals surface area (Å²) in [4.78, 5) is 12.5. The molecule has 8 nitrogen and oxygen atoms in total. The van der Waals surface area contributed by atoms with Gasteiger partial charge in [-0.2, -0.15) is 4.31 Å². The fourth-order valence-electron chi connectivity index (χ4n) is 2.53. The summed E-state index contributed by atoms with van der Waals surface area (Å²) in [6.07, 6.45) is 0. The third-order valence-corrected chi connectivity index (χ3v) is 8.33. The van der Waals surface area contributed by atoms with Gasteiger partial charge in [-0.1, -0.05) is 30.7 Å². The van der Waals surface area contributed by atoms with E-state index in [1.807, 2.05) is 0 Å². The lowest BCUT2D eigenvalue weighted by Gasteiger charge is -2.20. The van der Waals surface area contributed by atoms with Gasteiger partial charge in [-0.25, -0.2) is 21.1 Å². The van der Waals surface area contributed by atoms with E-state index in [9.17, 15) is 21.6 Å². The Balaban J connectivity index is 2.01. The summed E-state index contributed by atoms with van der Waals surface area (Å²) in [5.41, 5.74) is 0.685. The highest BCUT2D eigenvalue weighted by Crippen LogP contribution is 2.18. The molecule has 0 aliphatic heterocycles. The summed E-state index contributed by atoms with van der Waals surface area (Å²) in [5.74, 6) is -0.473. The molecule has 2 aromatic rings. The number of hydrogen-bond donors (Lipinski definition) is 1. The predicted octanol–water partition coefficient (Wildman–Crippen LogP) is 1.92. The second-order valence-electron chi connectivity index (χ2n) is 6.59. The Morgan fingerprint density at radius 3 is 1.90 bits per heavy atom. The Bertz CT molecular complexity index is 1080. The van der Waals surface area contributed by atoms with Crippen LogP contribution >= 0.6 is 11.6 Å². The van der Waals surface area contributed by atoms with Gasteiger partial charge in [0.1, 0.15) is 0 Å². The molecule has 164 valence electrons. The molecule has 0 radical (unpaired) electrons. The number of nitrogens with one attached hydrogen (secondary N) is 1. The fourth-order valence-corrected chi connectivity index (χ4v) is 4.96. The topological polar surface area (TPSA) is 104 Å². The van der Waals surface area contributed by atoms with Crippen molar-refractivity contribution >= 4 is 37.6 Å². The third-order valence-electron chi connectivity index (χ3n) is 4.32. The van der Waals surface area contributed by atoms with Crippen molar-refractivity contribution < 1.29 is 21.6 Å². The number of sulfonamides is 2. The zero-order valence-corrected chi connectivity index (χ0v) is 19.3. The van der Waals surface area contributed by atoms with Gasteiger partial charge in [0.05, 0.1) is 16.3 Å². The average molecular weight is 474 g/mol. The number of carbonyl (C=O) groups excluding carboxylic acids is 1. The van der Waals surface area contributed by atoms with Gasteiger partial charge in [-0.15, -0.1) is 0 Å². The first-order valence-electron chi connectivity index (χ1n) is 9.02. The molecule has 11 heteroatoms. The summed E-state index contributed by atoms with van der Waals surface area (Å²) in [6, 6.07) is 11.8. The van der Waals surface area contributed by atoms with Crippen molar-refractivity contribution in [1.29, 1.82) is 0 Å². The number of halogens is 1. The SMILES string of the molecule is CCN(CC(=O)NCc1ccc(S(=O)(=O)N(C)C)cc1)S(=O)(=O)c1ccc(Cl)cc1. The average Bonchev–Trinajstić information content (AvgIpc) is 2.70. The molecule has 30 heavy (non-hydrogen) atoms. The lowest BCUT2D eigenvalue weighted by atomic mass is 10.2. The number of carbonyl (C=O) groups is 1. The van der Waals surface area contributed by atoms with Gasteiger partial charge in [0, 0.05) is 32.2 Å². The quantitative estimate of drug-likeness (QED) is 0.599. The van der Waals surface area contributed by atoms with Crippen molar-refractivity contribution in [1.82, 2.24) is 13.9 Å². The smallest absolute Gasteiger partial charge is 0.243 e. The van der Waals surface area contributed by atoms with Gasteiger partial charge < -0.3 is 5.32 Å². The van der Waals surface area contributed by atoms with E-state index in [1.54, 1.807) is 19.1 Å². The molecule has 0 fully saturated rings. The van der Waals surface area contributed by atoms with Gasteiger partial charge >= 0.3 is 0 Å². The van der Waals surface area contributed by atoms with Gasteiger partial charge in [-0.05, 0) is 42.0 Å². The van der Waals surface area contributed by atoms with Crippen LogP contribution in [0.5, 0.6) is 0 Å². The van der Waals surface area contributed by atoms with Crippen molar-refractivity contribution in [2.45, 2.75) is 23.3 Å². The van der Waals surface area contributed by atoms with E-state index in [0.717, 1.165) is 8.61 Å². The zero-order chi connectivity index (χ0) is 22.5. The van der Waals surface area contributed by atoms with E-state index < -0.39 is 26.0 Å². The lowest BCUT2D eigenvalue weighted by Crippen LogP contribution is -2.40. The highest BCUT2D eigenvalue weighted by Gasteiger charge is 2.25. The Labute approximate surface area is 182 Å². The fraction of sp³-hybridized carbons (Fsp3) is 0.316. The van der Waals surface area contributed by atoms with Crippen molar-refractivity contribution in [2.75, 3.05) is 27.2 Å². The summed E-state index contributed by atoms with van der Waals surface area (Å²) in [5, 5.41) is 3.07. The van der Waals surface area contributed by atoms with Crippen LogP contribution < -0.4 is 5.32 Å². The van der Waals surface area contributed by atoms with Crippen LogP contribution in [0.15, 0.2) is 58.3 Å². The van der Waals surface area contributed by atoms with E-state index in [2.05, 4.69) is 5.32 Å². The molecule has 0 spiro atoms. The summed E-state index contributed by atoms with van der Waals surface area (Å²) >= 11 is 5.80. The first-order valence-corrected chi connectivity index (χ1v) is 12.3. The third kappa shape index (κ3) is 5.79. The zero-order valence-electron chi connectivity index (χ0n) is 16.9. The Morgan fingerprint density at radius 2 is 1.40 bits per heavy atom. The molecule has 0 saturated carbocycles. The van der Waals surface area contributed by atoms with Crippen LogP contribution in [0, 0.1) is 0 Å². The molecule has 0 unspecified atom stereocenters. The molecule has 0 saturated heterocycles. The first-order chi connectivity index (χ1) is 14.0. The number of amides is 1. The Hall–Kier alpha value is -1.98. The molecule has 0 atom stereocenters. The maximum atomic E-state index is 12.7. The van der Waals surface area contributed by atoms with Crippen LogP contribution in [0.4, 0.5) is 0 Å². The molecule has 2 aromatic carbocycles. The van der Waals surface area contributed by atoms with Crippen molar-refractivity contribution in [3.8, 4) is 0 Å². The summed E-state index contributed by atoms with van der Waals surface area (Å²) in [6.45, 7) is 1.56. The van der Waals surface area contributed by atoms with E-state index in [0.29, 0.717) is 10.6 Å². The second-order valence-corrected chi connectivity index (χ2v) is 11.1. The number of rotatable bonds is 9. The predicted molar refractivity (Wildman–Crippen MR) is 115 cm³/mol. The minimum atomic E-state index is -3.83.